The highest BCUT2D eigenvalue weighted by molar-refractivity contribution is 5.94. The van der Waals surface area contributed by atoms with Gasteiger partial charge in [-0.25, -0.2) is 4.39 Å². The Morgan fingerprint density at radius 1 is 1.22 bits per heavy atom. The van der Waals surface area contributed by atoms with Gasteiger partial charge in [-0.15, -0.1) is 0 Å². The van der Waals surface area contributed by atoms with E-state index in [-0.39, 0.29) is 11.7 Å². The van der Waals surface area contributed by atoms with E-state index in [1.54, 1.807) is 0 Å². The second-order valence-electron chi connectivity index (χ2n) is 5.34. The molecule has 1 N–H and O–H groups in total. The molecule has 0 spiro atoms. The fourth-order valence-electron chi connectivity index (χ4n) is 2.47. The lowest BCUT2D eigenvalue weighted by atomic mass is 9.83. The molecule has 0 unspecified atom stereocenters. The van der Waals surface area contributed by atoms with Crippen LogP contribution < -0.4 is 5.32 Å². The van der Waals surface area contributed by atoms with Gasteiger partial charge in [-0.2, -0.15) is 0 Å². The van der Waals surface area contributed by atoms with E-state index >= 15 is 0 Å². The molecule has 0 heterocycles. The van der Waals surface area contributed by atoms with Crippen molar-refractivity contribution in [3.8, 4) is 0 Å². The predicted molar refractivity (Wildman–Crippen MR) is 69.9 cm³/mol. The molecule has 1 aromatic rings. The molecule has 3 heteroatoms. The maximum atomic E-state index is 12.7. The summed E-state index contributed by atoms with van der Waals surface area (Å²) in [4.78, 5) is 11.8. The Labute approximate surface area is 108 Å². The lowest BCUT2D eigenvalue weighted by molar-refractivity contribution is 0.0942. The molecule has 1 saturated carbocycles. The van der Waals surface area contributed by atoms with Gasteiger partial charge in [-0.1, -0.05) is 19.8 Å². The third-order valence-electron chi connectivity index (χ3n) is 3.79. The summed E-state index contributed by atoms with van der Waals surface area (Å²) in [6.07, 6.45) is 4.92. The monoisotopic (exact) mass is 249 g/mol. The van der Waals surface area contributed by atoms with Gasteiger partial charge in [0.2, 0.25) is 0 Å². The van der Waals surface area contributed by atoms with Crippen LogP contribution in [0.25, 0.3) is 0 Å². The molecule has 1 amide bonds. The van der Waals surface area contributed by atoms with Crippen LogP contribution in [0.4, 0.5) is 4.39 Å². The highest BCUT2D eigenvalue weighted by Gasteiger charge is 2.18. The van der Waals surface area contributed by atoms with Crippen LogP contribution in [-0.4, -0.2) is 12.5 Å². The largest absolute Gasteiger partial charge is 0.352 e. The SMILES string of the molecule is CC1CCC(CNC(=O)c2ccc(F)cc2)CC1. The van der Waals surface area contributed by atoms with Crippen LogP contribution in [0.15, 0.2) is 24.3 Å². The summed E-state index contributed by atoms with van der Waals surface area (Å²) < 4.78 is 12.7. The van der Waals surface area contributed by atoms with E-state index < -0.39 is 0 Å². The molecule has 0 aliphatic heterocycles. The number of carbonyl (C=O) groups excluding carboxylic acids is 1. The number of amides is 1. The minimum absolute atomic E-state index is 0.103. The Kier molecular flexibility index (Phi) is 4.34. The van der Waals surface area contributed by atoms with E-state index in [9.17, 15) is 9.18 Å². The van der Waals surface area contributed by atoms with Gasteiger partial charge in [0.15, 0.2) is 0 Å². The quantitative estimate of drug-likeness (QED) is 0.874. The first kappa shape index (κ1) is 13.1. The molecular weight excluding hydrogens is 229 g/mol. The van der Waals surface area contributed by atoms with E-state index in [1.165, 1.54) is 49.9 Å². The van der Waals surface area contributed by atoms with Crippen molar-refractivity contribution in [3.05, 3.63) is 35.6 Å². The van der Waals surface area contributed by atoms with Crippen LogP contribution in [0, 0.1) is 17.7 Å². The van der Waals surface area contributed by atoms with Crippen LogP contribution in [0.5, 0.6) is 0 Å². The van der Waals surface area contributed by atoms with Gasteiger partial charge < -0.3 is 5.32 Å². The van der Waals surface area contributed by atoms with Crippen molar-refractivity contribution in [2.24, 2.45) is 11.8 Å². The van der Waals surface area contributed by atoms with E-state index in [0.717, 1.165) is 12.5 Å². The van der Waals surface area contributed by atoms with Crippen molar-refractivity contribution >= 4 is 5.91 Å². The summed E-state index contributed by atoms with van der Waals surface area (Å²) in [5.74, 6) is 1.01. The number of carbonyl (C=O) groups is 1. The molecule has 2 rings (SSSR count). The van der Waals surface area contributed by atoms with Gasteiger partial charge in [0.05, 0.1) is 0 Å². The normalized spacial score (nSPS) is 23.7. The lowest BCUT2D eigenvalue weighted by Crippen LogP contribution is -2.31. The van der Waals surface area contributed by atoms with Gasteiger partial charge in [0.25, 0.3) is 5.91 Å². The Morgan fingerprint density at radius 3 is 2.44 bits per heavy atom. The Morgan fingerprint density at radius 2 is 1.83 bits per heavy atom. The van der Waals surface area contributed by atoms with Crippen molar-refractivity contribution in [1.82, 2.24) is 5.32 Å². The minimum atomic E-state index is -0.312. The molecule has 0 atom stereocenters. The summed E-state index contributed by atoms with van der Waals surface area (Å²) in [5.41, 5.74) is 0.528. The van der Waals surface area contributed by atoms with E-state index in [4.69, 9.17) is 0 Å². The van der Waals surface area contributed by atoms with E-state index in [2.05, 4.69) is 12.2 Å². The zero-order valence-corrected chi connectivity index (χ0v) is 10.8. The number of benzene rings is 1. The van der Waals surface area contributed by atoms with Gasteiger partial charge >= 0.3 is 0 Å². The minimum Gasteiger partial charge on any atom is -0.352 e. The molecule has 1 fully saturated rings. The number of hydrogen-bond donors (Lipinski definition) is 1. The van der Waals surface area contributed by atoms with Crippen LogP contribution in [0.1, 0.15) is 43.0 Å². The maximum Gasteiger partial charge on any atom is 0.251 e. The molecule has 18 heavy (non-hydrogen) atoms. The van der Waals surface area contributed by atoms with E-state index in [1.807, 2.05) is 0 Å². The summed E-state index contributed by atoms with van der Waals surface area (Å²) in [5, 5.41) is 2.94. The average molecular weight is 249 g/mol. The summed E-state index contributed by atoms with van der Waals surface area (Å²) in [6.45, 7) is 3.02. The molecule has 0 saturated heterocycles. The highest BCUT2D eigenvalue weighted by Crippen LogP contribution is 2.27. The first-order chi connectivity index (χ1) is 8.65. The number of rotatable bonds is 3. The van der Waals surface area contributed by atoms with Crippen LogP contribution in [0.2, 0.25) is 0 Å². The third kappa shape index (κ3) is 3.56. The number of hydrogen-bond acceptors (Lipinski definition) is 1. The van der Waals surface area contributed by atoms with Crippen molar-refractivity contribution in [3.63, 3.8) is 0 Å². The summed E-state index contributed by atoms with van der Waals surface area (Å²) in [6, 6.07) is 5.68. The van der Waals surface area contributed by atoms with Gasteiger partial charge in [-0.3, -0.25) is 4.79 Å². The summed E-state index contributed by atoms with van der Waals surface area (Å²) >= 11 is 0. The van der Waals surface area contributed by atoms with Crippen molar-refractivity contribution in [1.29, 1.82) is 0 Å². The fraction of sp³-hybridized carbons (Fsp3) is 0.533. The molecular formula is C15H20FNO. The van der Waals surface area contributed by atoms with Gasteiger partial charge in [0.1, 0.15) is 5.82 Å². The first-order valence-corrected chi connectivity index (χ1v) is 6.69. The number of nitrogens with one attached hydrogen (secondary N) is 1. The zero-order chi connectivity index (χ0) is 13.0. The van der Waals surface area contributed by atoms with Crippen LogP contribution in [0.3, 0.4) is 0 Å². The van der Waals surface area contributed by atoms with Crippen molar-refractivity contribution in [2.45, 2.75) is 32.6 Å². The second kappa shape index (κ2) is 5.98. The molecule has 1 aromatic carbocycles. The lowest BCUT2D eigenvalue weighted by Gasteiger charge is -2.26. The Balaban J connectivity index is 1.79. The van der Waals surface area contributed by atoms with Gasteiger partial charge in [-0.05, 0) is 48.9 Å². The average Bonchev–Trinajstić information content (AvgIpc) is 2.38. The zero-order valence-electron chi connectivity index (χ0n) is 10.8. The number of halogens is 1. The van der Waals surface area contributed by atoms with Crippen LogP contribution >= 0.6 is 0 Å². The molecule has 2 nitrogen and oxygen atoms in total. The van der Waals surface area contributed by atoms with Crippen LogP contribution in [-0.2, 0) is 0 Å². The maximum absolute atomic E-state index is 12.7. The molecule has 1 aliphatic carbocycles. The fourth-order valence-corrected chi connectivity index (χ4v) is 2.47. The third-order valence-corrected chi connectivity index (χ3v) is 3.79. The molecule has 0 bridgehead atoms. The first-order valence-electron chi connectivity index (χ1n) is 6.69. The second-order valence-corrected chi connectivity index (χ2v) is 5.34. The Hall–Kier alpha value is -1.38. The van der Waals surface area contributed by atoms with Crippen molar-refractivity contribution in [2.75, 3.05) is 6.54 Å². The van der Waals surface area contributed by atoms with Crippen molar-refractivity contribution < 1.29 is 9.18 Å². The molecule has 0 radical (unpaired) electrons. The highest BCUT2D eigenvalue weighted by atomic mass is 19.1. The Bertz CT molecular complexity index is 393. The predicted octanol–water partition coefficient (Wildman–Crippen LogP) is 3.38. The molecule has 0 aromatic heterocycles. The van der Waals surface area contributed by atoms with Gasteiger partial charge in [0, 0.05) is 12.1 Å². The smallest absolute Gasteiger partial charge is 0.251 e. The topological polar surface area (TPSA) is 29.1 Å². The van der Waals surface area contributed by atoms with E-state index in [0.29, 0.717) is 11.5 Å². The molecule has 98 valence electrons. The molecule has 1 aliphatic rings. The summed E-state index contributed by atoms with van der Waals surface area (Å²) in [7, 11) is 0. The standard InChI is InChI=1S/C15H20FNO/c1-11-2-4-12(5-3-11)10-17-15(18)13-6-8-14(16)9-7-13/h6-9,11-12H,2-5,10H2,1H3,(H,17,18).